The van der Waals surface area contributed by atoms with Crippen molar-refractivity contribution in [1.82, 2.24) is 9.88 Å². The van der Waals surface area contributed by atoms with Gasteiger partial charge >= 0.3 is 0 Å². The van der Waals surface area contributed by atoms with E-state index in [-0.39, 0.29) is 10.7 Å². The van der Waals surface area contributed by atoms with Gasteiger partial charge in [0, 0.05) is 24.4 Å². The summed E-state index contributed by atoms with van der Waals surface area (Å²) >= 11 is 3.39. The zero-order valence-electron chi connectivity index (χ0n) is 11.4. The molecule has 1 N–H and O–H groups in total. The number of anilines is 1. The van der Waals surface area contributed by atoms with E-state index >= 15 is 0 Å². The zero-order valence-corrected chi connectivity index (χ0v) is 13.0. The van der Waals surface area contributed by atoms with Gasteiger partial charge in [-0.05, 0) is 32.6 Å². The summed E-state index contributed by atoms with van der Waals surface area (Å²) in [5.41, 5.74) is 1.17. The molecule has 0 spiro atoms. The maximum Gasteiger partial charge on any atom is 0.242 e. The quantitative estimate of drug-likeness (QED) is 0.910. The van der Waals surface area contributed by atoms with Crippen LogP contribution in [-0.2, 0) is 17.8 Å². The minimum atomic E-state index is -0.261. The normalized spacial score (nSPS) is 27.3. The minimum absolute atomic E-state index is 0.120. The summed E-state index contributed by atoms with van der Waals surface area (Å²) in [6, 6.07) is 0. The molecule has 0 bridgehead atoms. The molecule has 19 heavy (non-hydrogen) atoms. The Morgan fingerprint density at radius 2 is 2.37 bits per heavy atom. The lowest BCUT2D eigenvalue weighted by Gasteiger charge is -2.20. The number of fused-ring (bicyclic) bond motifs is 1. The van der Waals surface area contributed by atoms with E-state index < -0.39 is 0 Å². The van der Waals surface area contributed by atoms with Gasteiger partial charge in [-0.1, -0.05) is 0 Å². The SMILES string of the molecule is CN1CCc2nc(NC(=O)[C@]3(C)CCCS3)sc2C1. The number of carbonyl (C=O) groups excluding carboxylic acids is 1. The Hall–Kier alpha value is -0.590. The highest BCUT2D eigenvalue weighted by molar-refractivity contribution is 8.01. The highest BCUT2D eigenvalue weighted by Crippen LogP contribution is 2.39. The monoisotopic (exact) mass is 297 g/mol. The molecule has 2 aliphatic rings. The van der Waals surface area contributed by atoms with E-state index in [1.165, 1.54) is 10.6 Å². The average Bonchev–Trinajstić information content (AvgIpc) is 2.95. The van der Waals surface area contributed by atoms with Crippen LogP contribution in [0.3, 0.4) is 0 Å². The molecule has 1 amide bonds. The lowest BCUT2D eigenvalue weighted by Crippen LogP contribution is -2.34. The van der Waals surface area contributed by atoms with Crippen LogP contribution in [0, 0.1) is 0 Å². The summed E-state index contributed by atoms with van der Waals surface area (Å²) < 4.78 is -0.261. The van der Waals surface area contributed by atoms with E-state index in [0.29, 0.717) is 0 Å². The van der Waals surface area contributed by atoms with Crippen molar-refractivity contribution in [2.45, 2.75) is 37.5 Å². The van der Waals surface area contributed by atoms with Gasteiger partial charge in [-0.2, -0.15) is 0 Å². The fourth-order valence-corrected chi connectivity index (χ4v) is 4.86. The first-order valence-corrected chi connectivity index (χ1v) is 8.49. The van der Waals surface area contributed by atoms with Crippen LogP contribution < -0.4 is 5.32 Å². The number of nitrogens with zero attached hydrogens (tertiary/aromatic N) is 2. The van der Waals surface area contributed by atoms with E-state index in [9.17, 15) is 4.79 Å². The fraction of sp³-hybridized carbons (Fsp3) is 0.692. The number of rotatable bonds is 2. The summed E-state index contributed by atoms with van der Waals surface area (Å²) in [5.74, 6) is 1.21. The number of hydrogen-bond acceptors (Lipinski definition) is 5. The van der Waals surface area contributed by atoms with Gasteiger partial charge in [0.15, 0.2) is 5.13 Å². The van der Waals surface area contributed by atoms with Gasteiger partial charge in [-0.15, -0.1) is 23.1 Å². The van der Waals surface area contributed by atoms with Gasteiger partial charge in [0.05, 0.1) is 10.4 Å². The summed E-state index contributed by atoms with van der Waals surface area (Å²) in [6.07, 6.45) is 3.09. The molecule has 6 heteroatoms. The first kappa shape index (κ1) is 13.4. The molecule has 0 radical (unpaired) electrons. The maximum absolute atomic E-state index is 12.3. The minimum Gasteiger partial charge on any atom is -0.301 e. The van der Waals surface area contributed by atoms with Crippen molar-refractivity contribution in [2.75, 3.05) is 24.7 Å². The third-order valence-corrected chi connectivity index (χ3v) is 6.36. The van der Waals surface area contributed by atoms with Crippen molar-refractivity contribution in [3.05, 3.63) is 10.6 Å². The molecule has 0 aliphatic carbocycles. The highest BCUT2D eigenvalue weighted by Gasteiger charge is 2.37. The van der Waals surface area contributed by atoms with Gasteiger partial charge in [0.2, 0.25) is 5.91 Å². The summed E-state index contributed by atoms with van der Waals surface area (Å²) in [6.45, 7) is 4.05. The van der Waals surface area contributed by atoms with E-state index in [1.807, 2.05) is 6.92 Å². The molecule has 4 nitrogen and oxygen atoms in total. The second-order valence-corrected chi connectivity index (χ2v) is 8.20. The molecule has 1 aromatic rings. The van der Waals surface area contributed by atoms with Crippen molar-refractivity contribution in [2.24, 2.45) is 0 Å². The van der Waals surface area contributed by atoms with Crippen LogP contribution in [0.2, 0.25) is 0 Å². The number of aromatic nitrogens is 1. The zero-order chi connectivity index (χ0) is 13.5. The van der Waals surface area contributed by atoms with Gasteiger partial charge in [0.25, 0.3) is 0 Å². The van der Waals surface area contributed by atoms with Crippen molar-refractivity contribution in [3.8, 4) is 0 Å². The number of thiazole rings is 1. The van der Waals surface area contributed by atoms with E-state index in [4.69, 9.17) is 0 Å². The van der Waals surface area contributed by atoms with Crippen LogP contribution in [0.1, 0.15) is 30.3 Å². The molecule has 104 valence electrons. The number of thioether (sulfide) groups is 1. The smallest absolute Gasteiger partial charge is 0.242 e. The Morgan fingerprint density at radius 1 is 1.53 bits per heavy atom. The Labute approximate surface area is 122 Å². The molecule has 1 atom stereocenters. The number of carbonyl (C=O) groups is 1. The molecule has 1 aromatic heterocycles. The predicted octanol–water partition coefficient (Wildman–Crippen LogP) is 2.36. The first-order valence-electron chi connectivity index (χ1n) is 6.69. The molecule has 0 aromatic carbocycles. The Kier molecular flexibility index (Phi) is 3.57. The average molecular weight is 297 g/mol. The molecule has 1 fully saturated rings. The molecule has 3 rings (SSSR count). The van der Waals surface area contributed by atoms with Gasteiger partial charge < -0.3 is 10.2 Å². The summed E-state index contributed by atoms with van der Waals surface area (Å²) in [4.78, 5) is 20.5. The summed E-state index contributed by atoms with van der Waals surface area (Å²) in [7, 11) is 2.12. The van der Waals surface area contributed by atoms with E-state index in [1.54, 1.807) is 23.1 Å². The van der Waals surface area contributed by atoms with Crippen LogP contribution in [0.4, 0.5) is 5.13 Å². The van der Waals surface area contributed by atoms with Gasteiger partial charge in [0.1, 0.15) is 0 Å². The number of hydrogen-bond donors (Lipinski definition) is 1. The molecular formula is C13H19N3OS2. The van der Waals surface area contributed by atoms with Gasteiger partial charge in [-0.3, -0.25) is 4.79 Å². The Bertz CT molecular complexity index is 494. The Morgan fingerprint density at radius 3 is 3.11 bits per heavy atom. The highest BCUT2D eigenvalue weighted by atomic mass is 32.2. The maximum atomic E-state index is 12.3. The van der Waals surface area contributed by atoms with Crippen molar-refractivity contribution in [1.29, 1.82) is 0 Å². The second-order valence-electron chi connectivity index (χ2n) is 5.51. The lowest BCUT2D eigenvalue weighted by molar-refractivity contribution is -0.118. The fourth-order valence-electron chi connectivity index (χ4n) is 2.56. The van der Waals surface area contributed by atoms with Crippen LogP contribution in [0.25, 0.3) is 0 Å². The molecule has 2 aliphatic heterocycles. The second kappa shape index (κ2) is 5.07. The van der Waals surface area contributed by atoms with E-state index in [0.717, 1.165) is 43.2 Å². The third-order valence-electron chi connectivity index (χ3n) is 3.84. The molecule has 0 saturated carbocycles. The topological polar surface area (TPSA) is 45.2 Å². The van der Waals surface area contributed by atoms with E-state index in [2.05, 4.69) is 22.2 Å². The van der Waals surface area contributed by atoms with Crippen LogP contribution >= 0.6 is 23.1 Å². The molecule has 1 saturated heterocycles. The third kappa shape index (κ3) is 2.66. The van der Waals surface area contributed by atoms with Crippen LogP contribution in [0.5, 0.6) is 0 Å². The Balaban J connectivity index is 1.72. The largest absolute Gasteiger partial charge is 0.301 e. The van der Waals surface area contributed by atoms with Crippen LogP contribution in [-0.4, -0.2) is 39.9 Å². The van der Waals surface area contributed by atoms with Crippen molar-refractivity contribution in [3.63, 3.8) is 0 Å². The van der Waals surface area contributed by atoms with Gasteiger partial charge in [-0.25, -0.2) is 4.98 Å². The lowest BCUT2D eigenvalue weighted by atomic mass is 10.1. The number of likely N-dealkylation sites (N-methyl/N-ethyl adjacent to an activating group) is 1. The standard InChI is InChI=1S/C13H19N3OS2/c1-13(5-3-7-18-13)11(17)15-12-14-9-4-6-16(2)8-10(9)19-12/h3-8H2,1-2H3,(H,14,15,17)/t13-/m0/s1. The van der Waals surface area contributed by atoms with Crippen LogP contribution in [0.15, 0.2) is 0 Å². The molecule has 0 unspecified atom stereocenters. The summed E-state index contributed by atoms with van der Waals surface area (Å²) in [5, 5.41) is 3.80. The van der Waals surface area contributed by atoms with Crippen molar-refractivity contribution < 1.29 is 4.79 Å². The molecule has 3 heterocycles. The number of amides is 1. The molecular weight excluding hydrogens is 278 g/mol. The first-order chi connectivity index (χ1) is 9.07. The number of nitrogens with one attached hydrogen (secondary N) is 1. The predicted molar refractivity (Wildman–Crippen MR) is 80.9 cm³/mol. The van der Waals surface area contributed by atoms with Crippen molar-refractivity contribution >= 4 is 34.1 Å².